The predicted octanol–water partition coefficient (Wildman–Crippen LogP) is -0.108. The van der Waals surface area contributed by atoms with Gasteiger partial charge in [-0.25, -0.2) is 0 Å². The lowest BCUT2D eigenvalue weighted by Gasteiger charge is -2.02. The van der Waals surface area contributed by atoms with Gasteiger partial charge in [0.25, 0.3) is 0 Å². The second-order valence-electron chi connectivity index (χ2n) is 3.29. The summed E-state index contributed by atoms with van der Waals surface area (Å²) < 4.78 is 0. The Balaban J connectivity index is 2.41. The van der Waals surface area contributed by atoms with E-state index in [9.17, 15) is 5.02 Å². The third-order valence-electron chi connectivity index (χ3n) is 2.49. The zero-order valence-corrected chi connectivity index (χ0v) is 6.96. The summed E-state index contributed by atoms with van der Waals surface area (Å²) in [5.41, 5.74) is 9.03. The van der Waals surface area contributed by atoms with Gasteiger partial charge in [0.05, 0.1) is 0 Å². The molecule has 0 saturated heterocycles. The van der Waals surface area contributed by atoms with E-state index in [1.54, 1.807) is 0 Å². The number of nitrogens with two attached hydrogens (primary N) is 1. The molecule has 1 aliphatic heterocycles. The maximum Gasteiger partial charge on any atom is 0.324 e. The van der Waals surface area contributed by atoms with Crippen LogP contribution in [-0.4, -0.2) is 11.9 Å². The fourth-order valence-electron chi connectivity index (χ4n) is 1.78. The normalized spacial score (nSPS) is 15.0. The third-order valence-corrected chi connectivity index (χ3v) is 2.49. The quantitative estimate of drug-likeness (QED) is 0.564. The molecule has 0 bridgehead atoms. The van der Waals surface area contributed by atoms with Crippen LogP contribution in [0.3, 0.4) is 0 Å². The number of hydrogen-bond donors (Lipinski definition) is 2. The van der Waals surface area contributed by atoms with E-state index in [-0.39, 0.29) is 6.92 Å². The summed E-state index contributed by atoms with van der Waals surface area (Å²) in [6.07, 6.45) is 1.85. The molecule has 1 heterocycles. The number of fused-ring (bicyclic) bond motifs is 1. The van der Waals surface area contributed by atoms with Gasteiger partial charge in [-0.15, -0.1) is 0 Å². The zero-order valence-electron chi connectivity index (χ0n) is 6.96. The first-order valence-corrected chi connectivity index (χ1v) is 4.31. The van der Waals surface area contributed by atoms with Crippen molar-refractivity contribution in [3.05, 3.63) is 29.3 Å². The SMILES string of the molecule is NCc1ccc2c(c1)CCB2O. The average molecular weight is 161 g/mol. The van der Waals surface area contributed by atoms with Gasteiger partial charge in [0.2, 0.25) is 0 Å². The Hall–Kier alpha value is -0.795. The van der Waals surface area contributed by atoms with Crippen molar-refractivity contribution in [2.75, 3.05) is 0 Å². The van der Waals surface area contributed by atoms with E-state index in [1.165, 1.54) is 5.56 Å². The van der Waals surface area contributed by atoms with Crippen molar-refractivity contribution in [3.8, 4) is 0 Å². The fourth-order valence-corrected chi connectivity index (χ4v) is 1.78. The summed E-state index contributed by atoms with van der Waals surface area (Å²) in [6.45, 7) is 0.343. The fraction of sp³-hybridized carbons (Fsp3) is 0.333. The van der Waals surface area contributed by atoms with Crippen molar-refractivity contribution in [2.24, 2.45) is 5.73 Å². The lowest BCUT2D eigenvalue weighted by atomic mass is 9.63. The van der Waals surface area contributed by atoms with Gasteiger partial charge in [-0.3, -0.25) is 0 Å². The van der Waals surface area contributed by atoms with Crippen LogP contribution >= 0.6 is 0 Å². The van der Waals surface area contributed by atoms with Crippen molar-refractivity contribution in [2.45, 2.75) is 19.3 Å². The lowest BCUT2D eigenvalue weighted by Crippen LogP contribution is -2.25. The highest BCUT2D eigenvalue weighted by Gasteiger charge is 2.24. The number of aryl methyl sites for hydroxylation is 1. The predicted molar refractivity (Wildman–Crippen MR) is 50.5 cm³/mol. The minimum absolute atomic E-state index is 0.244. The Morgan fingerprint density at radius 3 is 3.08 bits per heavy atom. The first-order chi connectivity index (χ1) is 5.81. The molecular formula is C9H12BNO. The highest BCUT2D eigenvalue weighted by atomic mass is 16.2. The molecule has 3 heteroatoms. The molecule has 12 heavy (non-hydrogen) atoms. The van der Waals surface area contributed by atoms with Crippen molar-refractivity contribution in [1.29, 1.82) is 0 Å². The Morgan fingerprint density at radius 2 is 2.33 bits per heavy atom. The summed E-state index contributed by atoms with van der Waals surface area (Å²) in [5, 5.41) is 9.51. The van der Waals surface area contributed by atoms with Gasteiger partial charge in [-0.05, 0) is 23.8 Å². The largest absolute Gasteiger partial charge is 0.446 e. The second-order valence-corrected chi connectivity index (χ2v) is 3.29. The number of rotatable bonds is 1. The Morgan fingerprint density at radius 1 is 1.50 bits per heavy atom. The molecule has 0 radical (unpaired) electrons. The van der Waals surface area contributed by atoms with Gasteiger partial charge in [0.15, 0.2) is 0 Å². The van der Waals surface area contributed by atoms with Gasteiger partial charge >= 0.3 is 6.92 Å². The highest BCUT2D eigenvalue weighted by Crippen LogP contribution is 2.14. The van der Waals surface area contributed by atoms with Gasteiger partial charge in [0, 0.05) is 6.54 Å². The molecule has 2 rings (SSSR count). The van der Waals surface area contributed by atoms with Crippen LogP contribution in [0.5, 0.6) is 0 Å². The molecular weight excluding hydrogens is 149 g/mol. The Labute approximate surface area is 72.5 Å². The van der Waals surface area contributed by atoms with Crippen LogP contribution in [0.2, 0.25) is 6.32 Å². The van der Waals surface area contributed by atoms with Crippen LogP contribution in [0.15, 0.2) is 18.2 Å². The van der Waals surface area contributed by atoms with Crippen LogP contribution in [-0.2, 0) is 13.0 Å². The first-order valence-electron chi connectivity index (χ1n) is 4.31. The van der Waals surface area contributed by atoms with Crippen LogP contribution < -0.4 is 11.2 Å². The number of benzene rings is 1. The van der Waals surface area contributed by atoms with Crippen LogP contribution in [0.25, 0.3) is 0 Å². The van der Waals surface area contributed by atoms with Crippen molar-refractivity contribution < 1.29 is 5.02 Å². The Kier molecular flexibility index (Phi) is 1.91. The van der Waals surface area contributed by atoms with Crippen molar-refractivity contribution in [1.82, 2.24) is 0 Å². The molecule has 0 aromatic heterocycles. The molecule has 0 aliphatic carbocycles. The molecule has 0 spiro atoms. The molecule has 0 amide bonds. The molecule has 1 aromatic carbocycles. The smallest absolute Gasteiger partial charge is 0.324 e. The molecule has 1 aromatic rings. The van der Waals surface area contributed by atoms with Crippen LogP contribution in [0.4, 0.5) is 0 Å². The van der Waals surface area contributed by atoms with E-state index < -0.39 is 0 Å². The molecule has 1 aliphatic rings. The van der Waals surface area contributed by atoms with Crippen LogP contribution in [0, 0.1) is 0 Å². The van der Waals surface area contributed by atoms with E-state index in [2.05, 4.69) is 6.07 Å². The molecule has 0 atom stereocenters. The summed E-state index contributed by atoms with van der Waals surface area (Å²) in [6, 6.07) is 6.09. The summed E-state index contributed by atoms with van der Waals surface area (Å²) in [5.74, 6) is 0. The first kappa shape index (κ1) is 7.83. The maximum atomic E-state index is 9.51. The molecule has 3 N–H and O–H groups in total. The summed E-state index contributed by atoms with van der Waals surface area (Å²) in [4.78, 5) is 0. The topological polar surface area (TPSA) is 46.2 Å². The minimum Gasteiger partial charge on any atom is -0.446 e. The molecule has 62 valence electrons. The van der Waals surface area contributed by atoms with Crippen LogP contribution in [0.1, 0.15) is 11.1 Å². The lowest BCUT2D eigenvalue weighted by molar-refractivity contribution is 0.587. The average Bonchev–Trinajstić information content (AvgIpc) is 2.47. The highest BCUT2D eigenvalue weighted by molar-refractivity contribution is 6.67. The van der Waals surface area contributed by atoms with E-state index in [4.69, 9.17) is 5.73 Å². The Bertz CT molecular complexity index is 301. The van der Waals surface area contributed by atoms with Gasteiger partial charge in [-0.2, -0.15) is 0 Å². The maximum absolute atomic E-state index is 9.51. The van der Waals surface area contributed by atoms with Crippen molar-refractivity contribution in [3.63, 3.8) is 0 Å². The number of hydrogen-bond acceptors (Lipinski definition) is 2. The van der Waals surface area contributed by atoms with E-state index in [0.717, 1.165) is 23.8 Å². The standard InChI is InChI=1S/C9H12BNO/c11-6-7-1-2-9-8(5-7)3-4-10(9)12/h1-2,5,12H,3-4,6,11H2. The minimum atomic E-state index is -0.244. The summed E-state index contributed by atoms with van der Waals surface area (Å²) >= 11 is 0. The van der Waals surface area contributed by atoms with E-state index in [0.29, 0.717) is 6.54 Å². The molecule has 0 unspecified atom stereocenters. The van der Waals surface area contributed by atoms with Crippen molar-refractivity contribution >= 4 is 12.4 Å². The molecule has 0 saturated carbocycles. The van der Waals surface area contributed by atoms with E-state index in [1.807, 2.05) is 12.1 Å². The molecule has 0 fully saturated rings. The third kappa shape index (κ3) is 1.15. The van der Waals surface area contributed by atoms with Gasteiger partial charge in [-0.1, -0.05) is 23.8 Å². The van der Waals surface area contributed by atoms with Gasteiger partial charge in [0.1, 0.15) is 0 Å². The summed E-state index contributed by atoms with van der Waals surface area (Å²) in [7, 11) is 0. The second kappa shape index (κ2) is 2.92. The zero-order chi connectivity index (χ0) is 8.55. The van der Waals surface area contributed by atoms with E-state index >= 15 is 0 Å². The monoisotopic (exact) mass is 161 g/mol. The van der Waals surface area contributed by atoms with Gasteiger partial charge < -0.3 is 10.8 Å². The molecule has 2 nitrogen and oxygen atoms in total.